The van der Waals surface area contributed by atoms with E-state index in [-0.39, 0.29) is 16.4 Å². The fourth-order valence-electron chi connectivity index (χ4n) is 3.07. The van der Waals surface area contributed by atoms with Gasteiger partial charge in [-0.25, -0.2) is 9.50 Å². The van der Waals surface area contributed by atoms with E-state index in [0.717, 1.165) is 6.07 Å². The summed E-state index contributed by atoms with van der Waals surface area (Å²) < 4.78 is 48.7. The lowest BCUT2D eigenvalue weighted by atomic mass is 10.1. The smallest absolute Gasteiger partial charge is 0.433 e. The predicted octanol–water partition coefficient (Wildman–Crippen LogP) is 4.37. The number of halogens is 4. The molecule has 0 aliphatic rings. The molecule has 32 heavy (non-hydrogen) atoms. The number of fused-ring (bicyclic) bond motifs is 1. The highest BCUT2D eigenvalue weighted by Crippen LogP contribution is 2.35. The van der Waals surface area contributed by atoms with Crippen molar-refractivity contribution in [3.63, 3.8) is 0 Å². The normalized spacial score (nSPS) is 11.7. The van der Waals surface area contributed by atoms with Gasteiger partial charge in [-0.1, -0.05) is 23.7 Å². The Balaban J connectivity index is 1.86. The number of anilines is 1. The number of aryl methyl sites for hydroxylation is 1. The largest absolute Gasteiger partial charge is 0.497 e. The first-order valence-corrected chi connectivity index (χ1v) is 9.58. The zero-order valence-electron chi connectivity index (χ0n) is 17.0. The number of alkyl halides is 3. The van der Waals surface area contributed by atoms with Gasteiger partial charge in [-0.05, 0) is 25.1 Å². The summed E-state index contributed by atoms with van der Waals surface area (Å²) in [7, 11) is 3.13. The second-order valence-electron chi connectivity index (χ2n) is 6.88. The maximum Gasteiger partial charge on any atom is 0.433 e. The highest BCUT2D eigenvalue weighted by Gasteiger charge is 2.37. The minimum Gasteiger partial charge on any atom is -0.497 e. The van der Waals surface area contributed by atoms with E-state index in [1.165, 1.54) is 18.0 Å². The van der Waals surface area contributed by atoms with E-state index >= 15 is 0 Å². The first-order valence-electron chi connectivity index (χ1n) is 9.21. The van der Waals surface area contributed by atoms with Crippen molar-refractivity contribution in [3.8, 4) is 17.0 Å². The van der Waals surface area contributed by atoms with Crippen molar-refractivity contribution in [1.29, 1.82) is 0 Å². The van der Waals surface area contributed by atoms with Crippen molar-refractivity contribution in [3.05, 3.63) is 58.6 Å². The van der Waals surface area contributed by atoms with Crippen LogP contribution in [0.1, 0.15) is 21.9 Å². The maximum absolute atomic E-state index is 13.8. The molecule has 0 spiro atoms. The van der Waals surface area contributed by atoms with E-state index < -0.39 is 23.5 Å². The Bertz CT molecular complexity index is 1350. The SMILES string of the molecule is COc1cccc(-c2cc(C(F)(F)F)n3nc(C(=O)Nc4cnn(C)c4C)c(Cl)c3n2)c1. The first-order chi connectivity index (χ1) is 15.1. The lowest BCUT2D eigenvalue weighted by molar-refractivity contribution is -0.142. The summed E-state index contributed by atoms with van der Waals surface area (Å²) in [5, 5.41) is 10.1. The second kappa shape index (κ2) is 7.83. The number of rotatable bonds is 4. The standard InChI is InChI=1S/C20H16ClF3N6O2/c1-10-14(9-25-29(10)2)27-19(31)17-16(21)18-26-13(11-5-4-6-12(7-11)32-3)8-15(20(22,23)24)30(18)28-17/h4-9H,1-3H3,(H,27,31). The van der Waals surface area contributed by atoms with Crippen LogP contribution in [0, 0.1) is 6.92 Å². The summed E-state index contributed by atoms with van der Waals surface area (Å²) >= 11 is 6.28. The summed E-state index contributed by atoms with van der Waals surface area (Å²) in [5.41, 5.74) is -0.409. The lowest BCUT2D eigenvalue weighted by Gasteiger charge is -2.11. The van der Waals surface area contributed by atoms with Gasteiger partial charge in [-0.15, -0.1) is 0 Å². The van der Waals surface area contributed by atoms with Crippen molar-refractivity contribution in [1.82, 2.24) is 24.4 Å². The first kappa shape index (κ1) is 21.6. The number of carbonyl (C=O) groups is 1. The van der Waals surface area contributed by atoms with Crippen molar-refractivity contribution < 1.29 is 22.7 Å². The van der Waals surface area contributed by atoms with E-state index in [4.69, 9.17) is 16.3 Å². The zero-order chi connectivity index (χ0) is 23.2. The molecule has 3 aromatic heterocycles. The third-order valence-corrected chi connectivity index (χ3v) is 5.24. The number of methoxy groups -OCH3 is 1. The third-order valence-electron chi connectivity index (χ3n) is 4.89. The van der Waals surface area contributed by atoms with Gasteiger partial charge in [0.2, 0.25) is 0 Å². The molecule has 0 aliphatic carbocycles. The van der Waals surface area contributed by atoms with Gasteiger partial charge in [-0.2, -0.15) is 23.4 Å². The van der Waals surface area contributed by atoms with Crippen molar-refractivity contribution >= 4 is 28.8 Å². The van der Waals surface area contributed by atoms with Gasteiger partial charge in [0.25, 0.3) is 5.91 Å². The van der Waals surface area contributed by atoms with E-state index in [1.54, 1.807) is 38.2 Å². The van der Waals surface area contributed by atoms with Gasteiger partial charge >= 0.3 is 6.18 Å². The summed E-state index contributed by atoms with van der Waals surface area (Å²) in [6.07, 6.45) is -3.37. The Hall–Kier alpha value is -3.60. The van der Waals surface area contributed by atoms with E-state index in [9.17, 15) is 18.0 Å². The number of nitrogens with zero attached hydrogens (tertiary/aromatic N) is 5. The summed E-state index contributed by atoms with van der Waals surface area (Å²) in [6.45, 7) is 1.72. The molecular formula is C20H16ClF3N6O2. The number of aromatic nitrogens is 5. The number of hydrogen-bond acceptors (Lipinski definition) is 5. The molecule has 0 atom stereocenters. The number of amides is 1. The van der Waals surface area contributed by atoms with Gasteiger partial charge in [0, 0.05) is 12.6 Å². The van der Waals surface area contributed by atoms with Crippen molar-refractivity contribution in [2.24, 2.45) is 7.05 Å². The van der Waals surface area contributed by atoms with E-state index in [2.05, 4.69) is 20.5 Å². The molecule has 0 unspecified atom stereocenters. The number of carbonyl (C=O) groups excluding carboxylic acids is 1. The summed E-state index contributed by atoms with van der Waals surface area (Å²) in [6, 6.07) is 7.26. The topological polar surface area (TPSA) is 86.3 Å². The van der Waals surface area contributed by atoms with Crippen LogP contribution in [0.3, 0.4) is 0 Å². The third kappa shape index (κ3) is 3.75. The monoisotopic (exact) mass is 464 g/mol. The fourth-order valence-corrected chi connectivity index (χ4v) is 3.32. The molecule has 0 saturated carbocycles. The Morgan fingerprint density at radius 1 is 1.25 bits per heavy atom. The molecule has 0 aliphatic heterocycles. The molecule has 3 heterocycles. The fraction of sp³-hybridized carbons (Fsp3) is 0.200. The molecule has 0 saturated heterocycles. The van der Waals surface area contributed by atoms with Crippen LogP contribution in [0.5, 0.6) is 5.75 Å². The van der Waals surface area contributed by atoms with Gasteiger partial charge in [0.1, 0.15) is 10.8 Å². The predicted molar refractivity (Wildman–Crippen MR) is 111 cm³/mol. The lowest BCUT2D eigenvalue weighted by Crippen LogP contribution is -2.16. The molecule has 1 amide bonds. The molecule has 8 nitrogen and oxygen atoms in total. The van der Waals surface area contributed by atoms with Crippen LogP contribution in [-0.2, 0) is 13.2 Å². The Kier molecular flexibility index (Phi) is 5.29. The van der Waals surface area contributed by atoms with E-state index in [1.807, 2.05) is 0 Å². The van der Waals surface area contributed by atoms with Gasteiger partial charge in [-0.3, -0.25) is 9.48 Å². The average Bonchev–Trinajstić information content (AvgIpc) is 3.26. The number of hydrogen-bond donors (Lipinski definition) is 1. The van der Waals surface area contributed by atoms with Crippen LogP contribution in [0.2, 0.25) is 5.02 Å². The van der Waals surface area contributed by atoms with Gasteiger partial charge in [0.15, 0.2) is 17.0 Å². The molecule has 4 rings (SSSR count). The Morgan fingerprint density at radius 3 is 2.62 bits per heavy atom. The number of nitrogens with one attached hydrogen (secondary N) is 1. The van der Waals surface area contributed by atoms with Crippen LogP contribution in [0.25, 0.3) is 16.9 Å². The van der Waals surface area contributed by atoms with Crippen LogP contribution in [0.4, 0.5) is 18.9 Å². The zero-order valence-corrected chi connectivity index (χ0v) is 17.8. The summed E-state index contributed by atoms with van der Waals surface area (Å²) in [5.74, 6) is -0.336. The second-order valence-corrected chi connectivity index (χ2v) is 7.25. The van der Waals surface area contributed by atoms with Gasteiger partial charge < -0.3 is 10.1 Å². The quantitative estimate of drug-likeness (QED) is 0.484. The van der Waals surface area contributed by atoms with Crippen LogP contribution < -0.4 is 10.1 Å². The van der Waals surface area contributed by atoms with Crippen LogP contribution in [0.15, 0.2) is 36.5 Å². The summed E-state index contributed by atoms with van der Waals surface area (Å²) in [4.78, 5) is 17.0. The molecule has 4 aromatic rings. The van der Waals surface area contributed by atoms with Crippen LogP contribution >= 0.6 is 11.6 Å². The minimum atomic E-state index is -4.78. The Labute approximate surface area is 184 Å². The highest BCUT2D eigenvalue weighted by atomic mass is 35.5. The molecular weight excluding hydrogens is 449 g/mol. The minimum absolute atomic E-state index is 0.000544. The molecule has 0 radical (unpaired) electrons. The van der Waals surface area contributed by atoms with E-state index in [0.29, 0.717) is 27.2 Å². The highest BCUT2D eigenvalue weighted by molar-refractivity contribution is 6.37. The molecule has 166 valence electrons. The van der Waals surface area contributed by atoms with Crippen LogP contribution in [-0.4, -0.2) is 37.4 Å². The van der Waals surface area contributed by atoms with Gasteiger partial charge in [0.05, 0.1) is 30.4 Å². The molecule has 1 aromatic carbocycles. The number of ether oxygens (including phenoxy) is 1. The van der Waals surface area contributed by atoms with Crippen molar-refractivity contribution in [2.45, 2.75) is 13.1 Å². The molecule has 0 fully saturated rings. The molecule has 0 bridgehead atoms. The number of benzene rings is 1. The molecule has 12 heteroatoms. The Morgan fingerprint density at radius 2 is 2.00 bits per heavy atom. The average molecular weight is 465 g/mol. The molecule has 1 N–H and O–H groups in total. The van der Waals surface area contributed by atoms with Crippen molar-refractivity contribution in [2.75, 3.05) is 12.4 Å². The maximum atomic E-state index is 13.8.